The lowest BCUT2D eigenvalue weighted by Crippen LogP contribution is -2.49. The summed E-state index contributed by atoms with van der Waals surface area (Å²) in [5.74, 6) is -2.59. The average Bonchev–Trinajstić information content (AvgIpc) is 2.64. The fraction of sp³-hybridized carbons (Fsp3) is 0.263. The first-order valence-electron chi connectivity index (χ1n) is 8.45. The molecule has 1 N–H and O–H groups in total. The molecule has 0 radical (unpaired) electrons. The van der Waals surface area contributed by atoms with Gasteiger partial charge in [0.15, 0.2) is 0 Å². The zero-order chi connectivity index (χ0) is 19.4. The number of amides is 2. The van der Waals surface area contributed by atoms with Gasteiger partial charge in [0.2, 0.25) is 11.8 Å². The summed E-state index contributed by atoms with van der Waals surface area (Å²) < 4.78 is 26.5. The van der Waals surface area contributed by atoms with Crippen LogP contribution in [-0.4, -0.2) is 42.9 Å². The summed E-state index contributed by atoms with van der Waals surface area (Å²) in [6.45, 7) is 2.20. The van der Waals surface area contributed by atoms with Crippen LogP contribution < -0.4 is 10.2 Å². The van der Waals surface area contributed by atoms with Gasteiger partial charge in [-0.3, -0.25) is 9.59 Å². The SMILES string of the molecule is O=C(CC(=O)N1CCN(c2cccc(Cl)c2)CC1)Nc1ccc(F)cc1F. The molecule has 1 fully saturated rings. The molecule has 0 aromatic heterocycles. The van der Waals surface area contributed by atoms with Crippen molar-refractivity contribution < 1.29 is 18.4 Å². The number of benzene rings is 2. The Labute approximate surface area is 160 Å². The van der Waals surface area contributed by atoms with Crippen molar-refractivity contribution in [2.24, 2.45) is 0 Å². The lowest BCUT2D eigenvalue weighted by atomic mass is 10.2. The Kier molecular flexibility index (Phi) is 5.91. The van der Waals surface area contributed by atoms with E-state index in [0.29, 0.717) is 37.3 Å². The number of nitrogens with one attached hydrogen (secondary N) is 1. The topological polar surface area (TPSA) is 52.7 Å². The van der Waals surface area contributed by atoms with Crippen LogP contribution in [0.3, 0.4) is 0 Å². The van der Waals surface area contributed by atoms with E-state index in [1.807, 2.05) is 18.2 Å². The molecule has 1 aliphatic heterocycles. The van der Waals surface area contributed by atoms with Gasteiger partial charge in [0.25, 0.3) is 0 Å². The third kappa shape index (κ3) is 4.95. The highest BCUT2D eigenvalue weighted by Gasteiger charge is 2.23. The minimum absolute atomic E-state index is 0.153. The van der Waals surface area contributed by atoms with Crippen LogP contribution in [0, 0.1) is 11.6 Å². The van der Waals surface area contributed by atoms with Crippen LogP contribution in [0.5, 0.6) is 0 Å². The fourth-order valence-electron chi connectivity index (χ4n) is 2.92. The van der Waals surface area contributed by atoms with Gasteiger partial charge < -0.3 is 15.1 Å². The van der Waals surface area contributed by atoms with Crippen molar-refractivity contribution in [1.82, 2.24) is 4.90 Å². The van der Waals surface area contributed by atoms with E-state index in [-0.39, 0.29) is 11.6 Å². The second-order valence-electron chi connectivity index (χ2n) is 6.20. The molecule has 1 heterocycles. The first kappa shape index (κ1) is 19.1. The smallest absolute Gasteiger partial charge is 0.233 e. The van der Waals surface area contributed by atoms with Crippen molar-refractivity contribution in [2.75, 3.05) is 36.4 Å². The second-order valence-corrected chi connectivity index (χ2v) is 6.63. The van der Waals surface area contributed by atoms with Gasteiger partial charge in [-0.05, 0) is 30.3 Å². The quantitative estimate of drug-likeness (QED) is 0.811. The zero-order valence-corrected chi connectivity index (χ0v) is 15.2. The van der Waals surface area contributed by atoms with Gasteiger partial charge in [0, 0.05) is 43.0 Å². The molecule has 2 aromatic carbocycles. The Morgan fingerprint density at radius 1 is 1.04 bits per heavy atom. The Bertz CT molecular complexity index is 855. The van der Waals surface area contributed by atoms with Crippen LogP contribution in [0.4, 0.5) is 20.2 Å². The molecule has 0 atom stereocenters. The molecular weight excluding hydrogens is 376 g/mol. The number of hydrogen-bond acceptors (Lipinski definition) is 3. The number of hydrogen-bond donors (Lipinski definition) is 1. The highest BCUT2D eigenvalue weighted by Crippen LogP contribution is 2.21. The Hall–Kier alpha value is -2.67. The van der Waals surface area contributed by atoms with E-state index in [1.165, 1.54) is 0 Å². The summed E-state index contributed by atoms with van der Waals surface area (Å²) in [6, 6.07) is 10.3. The number of piperazine rings is 1. The second kappa shape index (κ2) is 8.35. The first-order valence-corrected chi connectivity index (χ1v) is 8.83. The molecule has 0 spiro atoms. The molecule has 2 aromatic rings. The van der Waals surface area contributed by atoms with Gasteiger partial charge in [0.1, 0.15) is 18.1 Å². The molecule has 3 rings (SSSR count). The maximum atomic E-state index is 13.6. The molecule has 8 heteroatoms. The minimum Gasteiger partial charge on any atom is -0.368 e. The number of halogens is 3. The number of carbonyl (C=O) groups is 2. The van der Waals surface area contributed by atoms with Gasteiger partial charge >= 0.3 is 0 Å². The summed E-state index contributed by atoms with van der Waals surface area (Å²) in [5.41, 5.74) is 0.833. The number of rotatable bonds is 4. The predicted octanol–water partition coefficient (Wildman–Crippen LogP) is 3.30. The molecule has 0 bridgehead atoms. The van der Waals surface area contributed by atoms with Gasteiger partial charge in [-0.1, -0.05) is 17.7 Å². The van der Waals surface area contributed by atoms with E-state index in [9.17, 15) is 18.4 Å². The molecule has 0 unspecified atom stereocenters. The van der Waals surface area contributed by atoms with Crippen LogP contribution >= 0.6 is 11.6 Å². The summed E-state index contributed by atoms with van der Waals surface area (Å²) in [6.07, 6.45) is -0.395. The normalized spacial score (nSPS) is 14.2. The van der Waals surface area contributed by atoms with E-state index in [4.69, 9.17) is 11.6 Å². The Morgan fingerprint density at radius 2 is 1.78 bits per heavy atom. The van der Waals surface area contributed by atoms with E-state index < -0.39 is 24.0 Å². The monoisotopic (exact) mass is 393 g/mol. The van der Waals surface area contributed by atoms with Crippen molar-refractivity contribution in [1.29, 1.82) is 0 Å². The largest absolute Gasteiger partial charge is 0.368 e. The maximum absolute atomic E-state index is 13.6. The minimum atomic E-state index is -0.883. The van der Waals surface area contributed by atoms with Crippen molar-refractivity contribution in [3.63, 3.8) is 0 Å². The summed E-state index contributed by atoms with van der Waals surface area (Å²) in [7, 11) is 0. The highest BCUT2D eigenvalue weighted by molar-refractivity contribution is 6.30. The lowest BCUT2D eigenvalue weighted by molar-refractivity contribution is -0.134. The number of anilines is 2. The van der Waals surface area contributed by atoms with E-state index in [1.54, 1.807) is 11.0 Å². The molecule has 0 aliphatic carbocycles. The van der Waals surface area contributed by atoms with Crippen molar-refractivity contribution >= 4 is 34.8 Å². The van der Waals surface area contributed by atoms with Gasteiger partial charge in [-0.15, -0.1) is 0 Å². The van der Waals surface area contributed by atoms with Crippen LogP contribution in [0.25, 0.3) is 0 Å². The van der Waals surface area contributed by atoms with Gasteiger partial charge in [-0.25, -0.2) is 8.78 Å². The van der Waals surface area contributed by atoms with E-state index in [0.717, 1.165) is 17.8 Å². The Morgan fingerprint density at radius 3 is 2.44 bits per heavy atom. The summed E-state index contributed by atoms with van der Waals surface area (Å²) >= 11 is 6.00. The highest BCUT2D eigenvalue weighted by atomic mass is 35.5. The van der Waals surface area contributed by atoms with Crippen LogP contribution in [0.2, 0.25) is 5.02 Å². The molecular formula is C19H18ClF2N3O2. The van der Waals surface area contributed by atoms with Gasteiger partial charge in [0.05, 0.1) is 5.69 Å². The van der Waals surface area contributed by atoms with Crippen molar-refractivity contribution in [2.45, 2.75) is 6.42 Å². The van der Waals surface area contributed by atoms with E-state index in [2.05, 4.69) is 10.2 Å². The third-order valence-electron chi connectivity index (χ3n) is 4.32. The van der Waals surface area contributed by atoms with Gasteiger partial charge in [-0.2, -0.15) is 0 Å². The molecule has 1 saturated heterocycles. The average molecular weight is 394 g/mol. The molecule has 142 valence electrons. The van der Waals surface area contributed by atoms with Crippen molar-refractivity contribution in [3.05, 3.63) is 59.1 Å². The third-order valence-corrected chi connectivity index (χ3v) is 4.56. The Balaban J connectivity index is 1.51. The summed E-state index contributed by atoms with van der Waals surface area (Å²) in [5, 5.41) is 2.94. The summed E-state index contributed by atoms with van der Waals surface area (Å²) in [4.78, 5) is 28.0. The van der Waals surface area contributed by atoms with Crippen molar-refractivity contribution in [3.8, 4) is 0 Å². The van der Waals surface area contributed by atoms with Crippen LogP contribution in [0.15, 0.2) is 42.5 Å². The fourth-order valence-corrected chi connectivity index (χ4v) is 3.11. The molecule has 27 heavy (non-hydrogen) atoms. The van der Waals surface area contributed by atoms with Crippen LogP contribution in [0.1, 0.15) is 6.42 Å². The lowest BCUT2D eigenvalue weighted by Gasteiger charge is -2.36. The standard InChI is InChI=1S/C19H18ClF2N3O2/c20-13-2-1-3-15(10-13)24-6-8-25(9-7-24)19(27)12-18(26)23-17-5-4-14(21)11-16(17)22/h1-5,10-11H,6-9,12H2,(H,23,26). The van der Waals surface area contributed by atoms with E-state index >= 15 is 0 Å². The first-order chi connectivity index (χ1) is 12.9. The maximum Gasteiger partial charge on any atom is 0.233 e. The molecule has 2 amide bonds. The zero-order valence-electron chi connectivity index (χ0n) is 14.4. The van der Waals surface area contributed by atoms with Crippen LogP contribution in [-0.2, 0) is 9.59 Å². The predicted molar refractivity (Wildman–Crippen MR) is 99.8 cm³/mol. The molecule has 0 saturated carbocycles. The molecule has 5 nitrogen and oxygen atoms in total. The number of carbonyl (C=O) groups excluding carboxylic acids is 2. The number of nitrogens with zero attached hydrogens (tertiary/aromatic N) is 2. The molecule has 1 aliphatic rings.